The van der Waals surface area contributed by atoms with Gasteiger partial charge in [-0.05, 0) is 86.0 Å². The number of nitrogens with zero attached hydrogens (tertiary/aromatic N) is 3. The second-order valence-electron chi connectivity index (χ2n) is 13.4. The lowest BCUT2D eigenvalue weighted by atomic mass is 9.69. The van der Waals surface area contributed by atoms with Crippen LogP contribution in [0.3, 0.4) is 0 Å². The van der Waals surface area contributed by atoms with Crippen LogP contribution < -0.4 is 0 Å². The van der Waals surface area contributed by atoms with Gasteiger partial charge in [-0.15, -0.1) is 0 Å². The number of aromatic nitrogens is 3. The van der Waals surface area contributed by atoms with Crippen molar-refractivity contribution >= 4 is 22.6 Å². The Labute approximate surface area is 254 Å². The Morgan fingerprint density at radius 2 is 1.81 bits per heavy atom. The Kier molecular flexibility index (Phi) is 6.54. The number of benzene rings is 2. The molecule has 0 radical (unpaired) electrons. The van der Waals surface area contributed by atoms with E-state index < -0.39 is 0 Å². The fourth-order valence-electron chi connectivity index (χ4n) is 7.75. The molecule has 0 aliphatic heterocycles. The molecular formula is C39H39N3O. The standard InChI is InChI=1S/C39H39N3O/c1-25-21-32(35-31-13-7-8-14-33(31)43-34(35)22-25)38-41-36(26-11-5-3-6-12-26)40-37(42-38)29-16-15-28-24-30(18-17-27(28)23-29)39(2)19-9-4-10-20-39/h4-5,7-9,11-16,23-25,32H,3,6,10,17-22H2,1-2H3/t25?,32-,39?/m0/s1. The van der Waals surface area contributed by atoms with Crippen LogP contribution in [0.2, 0.25) is 0 Å². The lowest BCUT2D eigenvalue weighted by molar-refractivity contribution is 0.349. The van der Waals surface area contributed by atoms with Crippen molar-refractivity contribution in [1.82, 2.24) is 15.0 Å². The SMILES string of the molecule is CC1Cc2oc3ccccc3c2[C@@H](c2nc(C3=CCCC=C3)nc(-c3ccc4c(c3)CCC(C3(C)CC=CCC3)=C4)n2)C1. The number of aryl methyl sites for hydroxylation is 1. The number of rotatable bonds is 4. The number of fused-ring (bicyclic) bond motifs is 4. The maximum absolute atomic E-state index is 6.39. The highest BCUT2D eigenvalue weighted by molar-refractivity contribution is 5.83. The molecule has 4 aromatic rings. The quantitative estimate of drug-likeness (QED) is 0.231. The summed E-state index contributed by atoms with van der Waals surface area (Å²) in [6.45, 7) is 4.76. The highest BCUT2D eigenvalue weighted by Crippen LogP contribution is 2.46. The minimum atomic E-state index is 0.0736. The molecule has 0 bridgehead atoms. The fourth-order valence-corrected chi connectivity index (χ4v) is 7.75. The van der Waals surface area contributed by atoms with Crippen molar-refractivity contribution in [1.29, 1.82) is 0 Å². The molecule has 216 valence electrons. The topological polar surface area (TPSA) is 51.8 Å². The molecule has 2 unspecified atom stereocenters. The summed E-state index contributed by atoms with van der Waals surface area (Å²) in [7, 11) is 0. The van der Waals surface area contributed by atoms with E-state index in [1.807, 2.05) is 0 Å². The molecule has 8 rings (SSSR count). The minimum Gasteiger partial charge on any atom is -0.461 e. The van der Waals surface area contributed by atoms with E-state index in [4.69, 9.17) is 19.4 Å². The van der Waals surface area contributed by atoms with E-state index >= 15 is 0 Å². The molecule has 0 amide bonds. The molecule has 0 saturated heterocycles. The van der Waals surface area contributed by atoms with Gasteiger partial charge in [-0.25, -0.2) is 15.0 Å². The van der Waals surface area contributed by atoms with E-state index in [9.17, 15) is 0 Å². The molecule has 3 atom stereocenters. The van der Waals surface area contributed by atoms with Crippen LogP contribution in [0, 0.1) is 11.3 Å². The Morgan fingerprint density at radius 3 is 2.67 bits per heavy atom. The number of para-hydroxylation sites is 1. The lowest BCUT2D eigenvalue weighted by Gasteiger charge is -2.36. The molecule has 4 aliphatic rings. The second-order valence-corrected chi connectivity index (χ2v) is 13.4. The normalized spacial score (nSPS) is 24.8. The maximum Gasteiger partial charge on any atom is 0.163 e. The van der Waals surface area contributed by atoms with Gasteiger partial charge in [0.25, 0.3) is 0 Å². The van der Waals surface area contributed by atoms with Crippen LogP contribution in [0.15, 0.2) is 82.8 Å². The first-order valence-electron chi connectivity index (χ1n) is 16.2. The molecule has 43 heavy (non-hydrogen) atoms. The van der Waals surface area contributed by atoms with Gasteiger partial charge in [-0.2, -0.15) is 0 Å². The van der Waals surface area contributed by atoms with Crippen LogP contribution in [0.25, 0.3) is 34.0 Å². The summed E-state index contributed by atoms with van der Waals surface area (Å²) in [4.78, 5) is 15.5. The predicted octanol–water partition coefficient (Wildman–Crippen LogP) is 9.81. The molecule has 0 spiro atoms. The van der Waals surface area contributed by atoms with Gasteiger partial charge >= 0.3 is 0 Å². The molecule has 4 heteroatoms. The van der Waals surface area contributed by atoms with Gasteiger partial charge in [0.1, 0.15) is 17.2 Å². The van der Waals surface area contributed by atoms with E-state index in [1.54, 1.807) is 5.57 Å². The van der Waals surface area contributed by atoms with E-state index in [1.165, 1.54) is 34.9 Å². The Bertz CT molecular complexity index is 1850. The number of furan rings is 1. The monoisotopic (exact) mass is 565 g/mol. The fraction of sp³-hybridized carbons (Fsp3) is 0.359. The van der Waals surface area contributed by atoms with Gasteiger partial charge in [-0.3, -0.25) is 0 Å². The Morgan fingerprint density at radius 1 is 0.907 bits per heavy atom. The summed E-state index contributed by atoms with van der Waals surface area (Å²) in [5.74, 6) is 4.06. The third-order valence-electron chi connectivity index (χ3n) is 10.2. The molecule has 2 aromatic carbocycles. The minimum absolute atomic E-state index is 0.0736. The van der Waals surface area contributed by atoms with Crippen LogP contribution in [0.5, 0.6) is 0 Å². The van der Waals surface area contributed by atoms with E-state index in [-0.39, 0.29) is 11.3 Å². The number of allylic oxidation sites excluding steroid dienone is 7. The van der Waals surface area contributed by atoms with Crippen molar-refractivity contribution in [2.45, 2.75) is 77.6 Å². The average Bonchev–Trinajstić information content (AvgIpc) is 3.42. The first-order chi connectivity index (χ1) is 21.0. The van der Waals surface area contributed by atoms with E-state index in [2.05, 4.69) is 92.8 Å². The third kappa shape index (κ3) is 4.81. The average molecular weight is 566 g/mol. The van der Waals surface area contributed by atoms with Gasteiger partial charge < -0.3 is 4.42 Å². The third-order valence-corrected chi connectivity index (χ3v) is 10.2. The van der Waals surface area contributed by atoms with Crippen molar-refractivity contribution in [3.8, 4) is 11.4 Å². The zero-order chi connectivity index (χ0) is 29.0. The molecule has 0 fully saturated rings. The van der Waals surface area contributed by atoms with Crippen molar-refractivity contribution in [2.75, 3.05) is 0 Å². The van der Waals surface area contributed by atoms with Crippen LogP contribution in [-0.2, 0) is 12.8 Å². The van der Waals surface area contributed by atoms with E-state index in [0.717, 1.165) is 84.9 Å². The lowest BCUT2D eigenvalue weighted by Crippen LogP contribution is -2.22. The van der Waals surface area contributed by atoms with Crippen molar-refractivity contribution in [2.24, 2.45) is 11.3 Å². The zero-order valence-corrected chi connectivity index (χ0v) is 25.3. The van der Waals surface area contributed by atoms with Gasteiger partial charge in [0.15, 0.2) is 11.6 Å². The summed E-state index contributed by atoms with van der Waals surface area (Å²) in [5, 5.41) is 1.19. The zero-order valence-electron chi connectivity index (χ0n) is 25.3. The molecule has 4 aliphatic carbocycles. The first kappa shape index (κ1) is 26.6. The van der Waals surface area contributed by atoms with Crippen LogP contribution in [0.4, 0.5) is 0 Å². The smallest absolute Gasteiger partial charge is 0.163 e. The van der Waals surface area contributed by atoms with Crippen molar-refractivity contribution < 1.29 is 4.42 Å². The van der Waals surface area contributed by atoms with Gasteiger partial charge in [-0.1, -0.05) is 86.2 Å². The van der Waals surface area contributed by atoms with Crippen molar-refractivity contribution in [3.63, 3.8) is 0 Å². The Balaban J connectivity index is 1.23. The molecule has 0 saturated carbocycles. The Hall–Kier alpha value is -4.05. The summed E-state index contributed by atoms with van der Waals surface area (Å²) in [6.07, 6.45) is 23.7. The molecule has 4 nitrogen and oxygen atoms in total. The van der Waals surface area contributed by atoms with Gasteiger partial charge in [0.05, 0.1) is 0 Å². The van der Waals surface area contributed by atoms with Crippen LogP contribution in [0.1, 0.15) is 98.8 Å². The largest absolute Gasteiger partial charge is 0.461 e. The summed E-state index contributed by atoms with van der Waals surface area (Å²) >= 11 is 0. The molecule has 2 aromatic heterocycles. The number of hydrogen-bond donors (Lipinski definition) is 0. The molecule has 0 N–H and O–H groups in total. The maximum atomic E-state index is 6.39. The summed E-state index contributed by atoms with van der Waals surface area (Å²) in [6, 6.07) is 15.3. The van der Waals surface area contributed by atoms with Crippen LogP contribution in [-0.4, -0.2) is 15.0 Å². The van der Waals surface area contributed by atoms with Crippen molar-refractivity contribution in [3.05, 3.63) is 113 Å². The summed E-state index contributed by atoms with van der Waals surface area (Å²) in [5.41, 5.74) is 9.03. The van der Waals surface area contributed by atoms with E-state index in [0.29, 0.717) is 5.92 Å². The van der Waals surface area contributed by atoms with Crippen LogP contribution >= 0.6 is 0 Å². The molecular weight excluding hydrogens is 526 g/mol. The highest BCUT2D eigenvalue weighted by Gasteiger charge is 2.34. The predicted molar refractivity (Wildman–Crippen MR) is 175 cm³/mol. The summed E-state index contributed by atoms with van der Waals surface area (Å²) < 4.78 is 6.39. The first-order valence-corrected chi connectivity index (χ1v) is 16.2. The molecule has 2 heterocycles. The van der Waals surface area contributed by atoms with Gasteiger partial charge in [0.2, 0.25) is 0 Å². The number of hydrogen-bond acceptors (Lipinski definition) is 4. The highest BCUT2D eigenvalue weighted by atomic mass is 16.3. The second kappa shape index (κ2) is 10.6. The van der Waals surface area contributed by atoms with Gasteiger partial charge in [0, 0.05) is 34.4 Å².